The third-order valence-electron chi connectivity index (χ3n) is 14.9. The van der Waals surface area contributed by atoms with Crippen LogP contribution in [-0.2, 0) is 57.0 Å². The molecule has 0 radical (unpaired) electrons. The van der Waals surface area contributed by atoms with E-state index in [0.29, 0.717) is 36.8 Å². The van der Waals surface area contributed by atoms with E-state index in [2.05, 4.69) is 45.2 Å². The lowest BCUT2D eigenvalue weighted by Crippen LogP contribution is -2.58. The second kappa shape index (κ2) is 20.8. The van der Waals surface area contributed by atoms with Crippen LogP contribution in [0, 0.1) is 23.7 Å². The minimum atomic E-state index is -1.84. The second-order valence-electron chi connectivity index (χ2n) is 19.7. The largest absolute Gasteiger partial charge is 0.462 e. The summed E-state index contributed by atoms with van der Waals surface area (Å²) in [5, 5.41) is 26.7. The van der Waals surface area contributed by atoms with Gasteiger partial charge in [0.1, 0.15) is 35.9 Å². The summed E-state index contributed by atoms with van der Waals surface area (Å²) in [6.07, 6.45) is 9.46. The van der Waals surface area contributed by atoms with Crippen molar-refractivity contribution in [3.8, 4) is 0 Å². The molecule has 1 spiro atoms. The minimum Gasteiger partial charge on any atom is -0.462 e. The SMILES string of the molecule is CC[C@H](C)[C@H]1O[C@]2(C=C[C@@H]1C)C[C@@H]1C[C@@H](C/C=C(\C)[C@@H](O[C@H]3C[C@H](OC)[C@@H](O[C@H]4C[C@H](OC)[C@@H](NC(C)=O)[C@H](C)O4)[C@H](C)O3)[C@@H](C)/C=C/C=C3CO[C@@H]4[C@H](O)C(C)=C[C@@H](C(=O)O1)[C@]34O)O2. The van der Waals surface area contributed by atoms with Crippen LogP contribution >= 0.6 is 0 Å². The third kappa shape index (κ3) is 10.6. The highest BCUT2D eigenvalue weighted by Crippen LogP contribution is 2.47. The van der Waals surface area contributed by atoms with Crippen molar-refractivity contribution in [2.75, 3.05) is 20.8 Å². The first-order valence-electron chi connectivity index (χ1n) is 23.8. The zero-order valence-electron chi connectivity index (χ0n) is 40.2. The maximum atomic E-state index is 14.4. The number of carbonyl (C=O) groups is 2. The molecular weight excluding hydrogens is 839 g/mol. The maximum Gasteiger partial charge on any atom is 0.316 e. The predicted molar refractivity (Wildman–Crippen MR) is 239 cm³/mol. The first-order valence-corrected chi connectivity index (χ1v) is 23.8. The number of aliphatic hydroxyl groups is 2. The van der Waals surface area contributed by atoms with Crippen molar-refractivity contribution >= 4 is 11.9 Å². The molecule has 7 rings (SSSR count). The summed E-state index contributed by atoms with van der Waals surface area (Å²) in [7, 11) is 3.27. The van der Waals surface area contributed by atoms with Gasteiger partial charge in [0, 0.05) is 58.7 Å². The normalized spacial score (nSPS) is 46.5. The van der Waals surface area contributed by atoms with Crippen molar-refractivity contribution < 1.29 is 67.2 Å². The van der Waals surface area contributed by atoms with Gasteiger partial charge in [-0.3, -0.25) is 9.59 Å². The Morgan fingerprint density at radius 1 is 0.938 bits per heavy atom. The van der Waals surface area contributed by atoms with Crippen LogP contribution in [0.5, 0.6) is 0 Å². The van der Waals surface area contributed by atoms with Crippen LogP contribution in [0.25, 0.3) is 0 Å². The quantitative estimate of drug-likeness (QED) is 0.195. The molecule has 3 N–H and O–H groups in total. The molecule has 0 aromatic carbocycles. The van der Waals surface area contributed by atoms with Crippen molar-refractivity contribution in [2.45, 2.75) is 198 Å². The Morgan fingerprint density at radius 3 is 2.35 bits per heavy atom. The number of amides is 1. The summed E-state index contributed by atoms with van der Waals surface area (Å²) in [6.45, 7) is 17.7. The molecule has 65 heavy (non-hydrogen) atoms. The van der Waals surface area contributed by atoms with E-state index in [-0.39, 0.29) is 61.0 Å². The molecule has 20 atom stereocenters. The number of ether oxygens (including phenoxy) is 10. The number of carbonyl (C=O) groups excluding carboxylic acids is 2. The van der Waals surface area contributed by atoms with E-state index >= 15 is 0 Å². The van der Waals surface area contributed by atoms with Crippen molar-refractivity contribution in [3.05, 3.63) is 59.3 Å². The standard InChI is InChI=1S/C50H75NO14/c1-12-26(2)45-29(5)18-19-49(65-45)24-36-21-35(64-49)17-16-28(4)44(27(3)14-13-15-34-25-58-47-43(53)30(6)20-37(48(54)61-36)50(34,47)55)62-41-23-39(57-11)46(32(8)60-41)63-40-22-38(56-10)42(31(7)59-40)51-33(9)52/h13-16,18-20,26-27,29,31-32,35-47,53,55H,12,17,21-25H2,1-11H3,(H,51,52)/b14-13+,28-16+,34-15?/t26-,27-,29-,31-,32-,35+,36-,37-,38-,39-,40-,41-,42-,43+,44-,45+,46-,47+,49+,50+/m0/s1. The average molecular weight is 914 g/mol. The zero-order valence-corrected chi connectivity index (χ0v) is 40.2. The Hall–Kier alpha value is -2.80. The van der Waals surface area contributed by atoms with Gasteiger partial charge in [-0.2, -0.15) is 0 Å². The summed E-state index contributed by atoms with van der Waals surface area (Å²) in [4.78, 5) is 26.3. The number of allylic oxidation sites excluding steroid dienone is 2. The van der Waals surface area contributed by atoms with Crippen LogP contribution in [0.4, 0.5) is 0 Å². The number of hydrogen-bond donors (Lipinski definition) is 3. The lowest BCUT2D eigenvalue weighted by molar-refractivity contribution is -0.311. The molecule has 7 aliphatic rings. The first kappa shape index (κ1) is 50.1. The highest BCUT2D eigenvalue weighted by atomic mass is 16.7. The molecule has 4 fully saturated rings. The van der Waals surface area contributed by atoms with Gasteiger partial charge in [0.25, 0.3) is 0 Å². The molecule has 15 nitrogen and oxygen atoms in total. The van der Waals surface area contributed by atoms with Crippen molar-refractivity contribution in [1.82, 2.24) is 5.32 Å². The molecule has 2 bridgehead atoms. The highest BCUT2D eigenvalue weighted by Gasteiger charge is 2.60. The van der Waals surface area contributed by atoms with Crippen molar-refractivity contribution in [3.63, 3.8) is 0 Å². The van der Waals surface area contributed by atoms with Crippen molar-refractivity contribution in [2.24, 2.45) is 23.7 Å². The molecule has 0 unspecified atom stereocenters. The summed E-state index contributed by atoms with van der Waals surface area (Å²) < 4.78 is 64.4. The molecule has 0 saturated carbocycles. The fraction of sp³-hybridized carbons (Fsp3) is 0.760. The number of aliphatic hydroxyl groups excluding tert-OH is 1. The summed E-state index contributed by atoms with van der Waals surface area (Å²) in [5.41, 5.74) is 0.116. The van der Waals surface area contributed by atoms with Crippen molar-refractivity contribution in [1.29, 1.82) is 0 Å². The van der Waals surface area contributed by atoms with Crippen LogP contribution in [0.15, 0.2) is 59.3 Å². The van der Waals surface area contributed by atoms with Gasteiger partial charge in [-0.1, -0.05) is 70.6 Å². The Bertz CT molecular complexity index is 1850. The summed E-state index contributed by atoms with van der Waals surface area (Å²) in [6, 6.07) is -0.315. The van der Waals surface area contributed by atoms with Crippen LogP contribution in [0.1, 0.15) is 101 Å². The molecule has 364 valence electrons. The van der Waals surface area contributed by atoms with E-state index < -0.39 is 84.7 Å². The molecule has 1 amide bonds. The number of nitrogens with one attached hydrogen (secondary N) is 1. The molecule has 6 aliphatic heterocycles. The molecule has 0 aromatic rings. The number of methoxy groups -OCH3 is 2. The Kier molecular flexibility index (Phi) is 16.0. The summed E-state index contributed by atoms with van der Waals surface area (Å²) >= 11 is 0. The lowest BCUT2D eigenvalue weighted by Gasteiger charge is -2.48. The van der Waals surface area contributed by atoms with Gasteiger partial charge in [-0.25, -0.2) is 0 Å². The Morgan fingerprint density at radius 2 is 1.65 bits per heavy atom. The molecular formula is C50H75NO14. The van der Waals surface area contributed by atoms with E-state index in [4.69, 9.17) is 47.4 Å². The Labute approximate surface area is 385 Å². The molecule has 1 aliphatic carbocycles. The molecule has 0 aromatic heterocycles. The van der Waals surface area contributed by atoms with Gasteiger partial charge < -0.3 is 62.9 Å². The smallest absolute Gasteiger partial charge is 0.316 e. The van der Waals surface area contributed by atoms with Gasteiger partial charge in [-0.05, 0) is 62.8 Å². The van der Waals surface area contributed by atoms with Crippen LogP contribution < -0.4 is 5.32 Å². The molecule has 15 heteroatoms. The van der Waals surface area contributed by atoms with E-state index in [1.54, 1.807) is 33.3 Å². The fourth-order valence-electron chi connectivity index (χ4n) is 11.0. The predicted octanol–water partition coefficient (Wildman–Crippen LogP) is 5.52. The number of rotatable bonds is 9. The van der Waals surface area contributed by atoms with E-state index in [0.717, 1.165) is 12.0 Å². The van der Waals surface area contributed by atoms with Crippen LogP contribution in [0.2, 0.25) is 0 Å². The van der Waals surface area contributed by atoms with Gasteiger partial charge in [0.05, 0.1) is 55.4 Å². The van der Waals surface area contributed by atoms with Gasteiger partial charge in [0.15, 0.2) is 18.4 Å². The zero-order chi connectivity index (χ0) is 47.0. The van der Waals surface area contributed by atoms with Gasteiger partial charge in [0.2, 0.25) is 5.91 Å². The minimum absolute atomic E-state index is 0.0270. The second-order valence-corrected chi connectivity index (χ2v) is 19.7. The fourth-order valence-corrected chi connectivity index (χ4v) is 11.0. The van der Waals surface area contributed by atoms with Gasteiger partial charge in [-0.15, -0.1) is 0 Å². The van der Waals surface area contributed by atoms with Gasteiger partial charge >= 0.3 is 5.97 Å². The summed E-state index contributed by atoms with van der Waals surface area (Å²) in [5.74, 6) is -2.75. The maximum absolute atomic E-state index is 14.4. The highest BCUT2D eigenvalue weighted by molar-refractivity contribution is 5.78. The van der Waals surface area contributed by atoms with Crippen LogP contribution in [-0.4, -0.2) is 140 Å². The lowest BCUT2D eigenvalue weighted by atomic mass is 9.71. The molecule has 6 heterocycles. The Balaban J connectivity index is 1.16. The van der Waals surface area contributed by atoms with E-state index in [1.807, 2.05) is 39.0 Å². The number of esters is 1. The number of hydrogen-bond acceptors (Lipinski definition) is 14. The average Bonchev–Trinajstić information content (AvgIpc) is 3.61. The van der Waals surface area contributed by atoms with E-state index in [9.17, 15) is 19.8 Å². The molecule has 4 saturated heterocycles. The number of fused-ring (bicyclic) bond motifs is 2. The topological polar surface area (TPSA) is 179 Å². The van der Waals surface area contributed by atoms with Crippen LogP contribution in [0.3, 0.4) is 0 Å². The van der Waals surface area contributed by atoms with E-state index in [1.165, 1.54) is 6.92 Å². The third-order valence-corrected chi connectivity index (χ3v) is 14.9. The monoisotopic (exact) mass is 914 g/mol. The first-order chi connectivity index (χ1) is 30.9.